The average molecular weight is 337 g/mol. The lowest BCUT2D eigenvalue weighted by Gasteiger charge is -2.04. The van der Waals surface area contributed by atoms with E-state index in [-0.39, 0.29) is 10.6 Å². The second-order valence-electron chi connectivity index (χ2n) is 4.13. The van der Waals surface area contributed by atoms with Gasteiger partial charge in [0.05, 0.1) is 16.8 Å². The van der Waals surface area contributed by atoms with E-state index in [1.54, 1.807) is 12.1 Å². The predicted molar refractivity (Wildman–Crippen MR) is 79.8 cm³/mol. The van der Waals surface area contributed by atoms with Crippen LogP contribution in [0.4, 0.5) is 0 Å². The summed E-state index contributed by atoms with van der Waals surface area (Å²) < 4.78 is 6.49. The van der Waals surface area contributed by atoms with Crippen LogP contribution in [0.25, 0.3) is 11.6 Å². The molecule has 0 bridgehead atoms. The zero-order chi connectivity index (χ0) is 15.7. The van der Waals surface area contributed by atoms with E-state index in [2.05, 4.69) is 15.2 Å². The van der Waals surface area contributed by atoms with Gasteiger partial charge in [0.1, 0.15) is 5.03 Å². The molecule has 0 aromatic carbocycles. The van der Waals surface area contributed by atoms with Crippen molar-refractivity contribution in [2.45, 2.75) is 10.2 Å². The number of carbonyl (C=O) groups excluding carboxylic acids is 1. The van der Waals surface area contributed by atoms with E-state index in [4.69, 9.17) is 27.6 Å². The molecule has 112 valence electrons. The van der Waals surface area contributed by atoms with Gasteiger partial charge in [-0.05, 0) is 30.0 Å². The normalized spacial score (nSPS) is 10.8. The van der Waals surface area contributed by atoms with Gasteiger partial charge in [-0.3, -0.25) is 4.79 Å². The number of amides is 1. The second kappa shape index (κ2) is 5.70. The highest BCUT2D eigenvalue weighted by Crippen LogP contribution is 2.31. The molecule has 0 saturated carbocycles. The minimum Gasteiger partial charge on any atom is -0.461 e. The Bertz CT molecular complexity index is 832. The molecule has 0 spiro atoms. The number of rotatable bonds is 4. The number of primary amides is 1. The molecule has 0 fully saturated rings. The van der Waals surface area contributed by atoms with Gasteiger partial charge in [0.15, 0.2) is 5.76 Å². The van der Waals surface area contributed by atoms with E-state index in [9.17, 15) is 4.79 Å². The minimum atomic E-state index is -0.604. The van der Waals surface area contributed by atoms with Crippen molar-refractivity contribution in [1.82, 2.24) is 19.9 Å². The first-order valence-electron chi connectivity index (χ1n) is 5.94. The second-order valence-corrected chi connectivity index (χ2v) is 5.49. The molecule has 22 heavy (non-hydrogen) atoms. The van der Waals surface area contributed by atoms with Crippen LogP contribution in [0.2, 0.25) is 5.02 Å². The third-order valence-electron chi connectivity index (χ3n) is 2.69. The first-order chi connectivity index (χ1) is 10.6. The third-order valence-corrected chi connectivity index (χ3v) is 4.07. The number of aromatic nitrogens is 4. The Hall–Kier alpha value is -2.52. The summed E-state index contributed by atoms with van der Waals surface area (Å²) in [4.78, 5) is 15.1. The largest absolute Gasteiger partial charge is 0.461 e. The van der Waals surface area contributed by atoms with Crippen LogP contribution in [0.3, 0.4) is 0 Å². The van der Waals surface area contributed by atoms with Crippen LogP contribution in [0.1, 0.15) is 10.4 Å². The number of hydrogen-bond donors (Lipinski definition) is 2. The predicted octanol–water partition coefficient (Wildman–Crippen LogP) is 1.55. The summed E-state index contributed by atoms with van der Waals surface area (Å²) in [5, 5.41) is 8.99. The van der Waals surface area contributed by atoms with Crippen LogP contribution >= 0.6 is 23.4 Å². The number of carbonyl (C=O) groups is 1. The highest BCUT2D eigenvalue weighted by Gasteiger charge is 2.17. The molecule has 0 radical (unpaired) electrons. The summed E-state index contributed by atoms with van der Waals surface area (Å²) >= 11 is 7.18. The van der Waals surface area contributed by atoms with Crippen LogP contribution < -0.4 is 11.6 Å². The number of hydrogen-bond acceptors (Lipinski definition) is 7. The van der Waals surface area contributed by atoms with Gasteiger partial charge >= 0.3 is 0 Å². The minimum absolute atomic E-state index is 0.222. The Morgan fingerprint density at radius 2 is 2.23 bits per heavy atom. The van der Waals surface area contributed by atoms with Crippen molar-refractivity contribution in [3.05, 3.63) is 41.2 Å². The molecule has 1 amide bonds. The van der Waals surface area contributed by atoms with Gasteiger partial charge in [-0.2, -0.15) is 0 Å². The first kappa shape index (κ1) is 14.4. The topological polar surface area (TPSA) is 126 Å². The van der Waals surface area contributed by atoms with Crippen molar-refractivity contribution in [3.8, 4) is 11.6 Å². The van der Waals surface area contributed by atoms with E-state index in [0.717, 1.165) is 11.8 Å². The van der Waals surface area contributed by atoms with E-state index >= 15 is 0 Å². The molecule has 0 aliphatic carbocycles. The Morgan fingerprint density at radius 1 is 1.41 bits per heavy atom. The highest BCUT2D eigenvalue weighted by atomic mass is 35.5. The van der Waals surface area contributed by atoms with Gasteiger partial charge < -0.3 is 16.0 Å². The number of halogens is 1. The van der Waals surface area contributed by atoms with Crippen LogP contribution in [-0.2, 0) is 0 Å². The number of nitrogens with two attached hydrogens (primary N) is 2. The summed E-state index contributed by atoms with van der Waals surface area (Å²) in [6.45, 7) is 0. The van der Waals surface area contributed by atoms with Crippen molar-refractivity contribution in [1.29, 1.82) is 0 Å². The lowest BCUT2D eigenvalue weighted by Crippen LogP contribution is -2.12. The summed E-state index contributed by atoms with van der Waals surface area (Å²) in [7, 11) is 0. The van der Waals surface area contributed by atoms with Gasteiger partial charge in [-0.25, -0.2) is 9.66 Å². The molecule has 4 N–H and O–H groups in total. The molecule has 0 unspecified atom stereocenters. The van der Waals surface area contributed by atoms with Crippen LogP contribution in [0, 0.1) is 0 Å². The van der Waals surface area contributed by atoms with Crippen molar-refractivity contribution in [2.75, 3.05) is 5.84 Å². The van der Waals surface area contributed by atoms with E-state index in [1.165, 1.54) is 23.2 Å². The van der Waals surface area contributed by atoms with E-state index < -0.39 is 5.91 Å². The quantitative estimate of drug-likeness (QED) is 0.692. The van der Waals surface area contributed by atoms with E-state index in [0.29, 0.717) is 21.8 Å². The lowest BCUT2D eigenvalue weighted by atomic mass is 10.3. The monoisotopic (exact) mass is 336 g/mol. The summed E-state index contributed by atoms with van der Waals surface area (Å²) in [6.07, 6.45) is 2.85. The molecular weight excluding hydrogens is 328 g/mol. The van der Waals surface area contributed by atoms with Crippen molar-refractivity contribution >= 4 is 29.3 Å². The Labute approximate surface area is 133 Å². The zero-order valence-corrected chi connectivity index (χ0v) is 12.5. The lowest BCUT2D eigenvalue weighted by molar-refractivity contribution is 0.1000. The van der Waals surface area contributed by atoms with Gasteiger partial charge in [0.2, 0.25) is 16.9 Å². The molecule has 0 aliphatic rings. The van der Waals surface area contributed by atoms with Crippen LogP contribution in [0.5, 0.6) is 0 Å². The zero-order valence-electron chi connectivity index (χ0n) is 10.9. The summed E-state index contributed by atoms with van der Waals surface area (Å²) in [6, 6.07) is 4.87. The molecule has 0 aliphatic heterocycles. The first-order valence-corrected chi connectivity index (χ1v) is 7.13. The Kier molecular flexibility index (Phi) is 3.73. The van der Waals surface area contributed by atoms with Crippen LogP contribution in [0.15, 0.2) is 45.3 Å². The standard InChI is InChI=1S/C12H9ClN6O2S/c13-7-4-6(9(14)20)5-16-11(7)22-12-18-17-10(19(12)15)8-2-1-3-21-8/h1-5H,15H2,(H2,14,20). The SMILES string of the molecule is NC(=O)c1cnc(Sc2nnc(-c3ccco3)n2N)c(Cl)c1. The number of pyridine rings is 1. The molecule has 0 atom stereocenters. The Morgan fingerprint density at radius 3 is 2.86 bits per heavy atom. The average Bonchev–Trinajstić information content (AvgIpc) is 3.11. The summed E-state index contributed by atoms with van der Waals surface area (Å²) in [5.41, 5.74) is 5.39. The Balaban J connectivity index is 1.90. The van der Waals surface area contributed by atoms with Gasteiger partial charge in [0.25, 0.3) is 0 Å². The smallest absolute Gasteiger partial charge is 0.250 e. The van der Waals surface area contributed by atoms with Gasteiger partial charge in [0, 0.05) is 6.20 Å². The fraction of sp³-hybridized carbons (Fsp3) is 0. The fourth-order valence-electron chi connectivity index (χ4n) is 1.64. The molecule has 0 saturated heterocycles. The maximum absolute atomic E-state index is 11.1. The maximum Gasteiger partial charge on any atom is 0.250 e. The number of furan rings is 1. The fourth-order valence-corrected chi connectivity index (χ4v) is 2.63. The van der Waals surface area contributed by atoms with Gasteiger partial charge in [-0.1, -0.05) is 11.6 Å². The third kappa shape index (κ3) is 2.63. The molecule has 10 heteroatoms. The molecule has 3 aromatic heterocycles. The molecule has 3 heterocycles. The van der Waals surface area contributed by atoms with Crippen molar-refractivity contribution in [2.24, 2.45) is 5.73 Å². The van der Waals surface area contributed by atoms with Gasteiger partial charge in [-0.15, -0.1) is 10.2 Å². The number of nitrogen functional groups attached to an aromatic ring is 1. The summed E-state index contributed by atoms with van der Waals surface area (Å²) in [5.74, 6) is 6.20. The van der Waals surface area contributed by atoms with Crippen LogP contribution in [-0.4, -0.2) is 25.8 Å². The maximum atomic E-state index is 11.1. The molecule has 3 aromatic rings. The molecule has 3 rings (SSSR count). The van der Waals surface area contributed by atoms with Crippen molar-refractivity contribution < 1.29 is 9.21 Å². The van der Waals surface area contributed by atoms with E-state index in [1.807, 2.05) is 0 Å². The number of nitrogens with zero attached hydrogens (tertiary/aromatic N) is 4. The molecular formula is C12H9ClN6O2S. The highest BCUT2D eigenvalue weighted by molar-refractivity contribution is 7.99. The van der Waals surface area contributed by atoms with Crippen molar-refractivity contribution in [3.63, 3.8) is 0 Å². The molecule has 8 nitrogen and oxygen atoms in total.